The van der Waals surface area contributed by atoms with E-state index < -0.39 is 0 Å². The van der Waals surface area contributed by atoms with E-state index in [-0.39, 0.29) is 18.3 Å². The van der Waals surface area contributed by atoms with Crippen LogP contribution in [0.1, 0.15) is 13.8 Å². The standard InChI is InChI=1S/C21H24BrN3OS2.ClH/c1-3-24(4-2)12-13-25(20(26)15-27-17-8-6-5-7-9-17)21-23-18-11-10-16(22)14-19(18)28-21;/h5-11,14H,3-4,12-13,15H2,1-2H3;1H. The van der Waals surface area contributed by atoms with Gasteiger partial charge in [0.2, 0.25) is 5.91 Å². The third-order valence-corrected chi connectivity index (χ3v) is 7.04. The summed E-state index contributed by atoms with van der Waals surface area (Å²) in [6.07, 6.45) is 0. The molecule has 0 bridgehead atoms. The lowest BCUT2D eigenvalue weighted by molar-refractivity contribution is -0.116. The van der Waals surface area contributed by atoms with Gasteiger partial charge in [0.05, 0.1) is 16.0 Å². The number of carbonyl (C=O) groups is 1. The highest BCUT2D eigenvalue weighted by molar-refractivity contribution is 9.10. The number of fused-ring (bicyclic) bond motifs is 1. The molecule has 4 nitrogen and oxygen atoms in total. The molecule has 1 amide bonds. The highest BCUT2D eigenvalue weighted by atomic mass is 79.9. The van der Waals surface area contributed by atoms with Crippen molar-refractivity contribution in [2.45, 2.75) is 18.7 Å². The Morgan fingerprint density at radius 2 is 1.83 bits per heavy atom. The van der Waals surface area contributed by atoms with Crippen molar-refractivity contribution in [2.24, 2.45) is 0 Å². The molecule has 29 heavy (non-hydrogen) atoms. The normalized spacial score (nSPS) is 10.9. The zero-order valence-electron chi connectivity index (χ0n) is 16.5. The minimum atomic E-state index is 0. The van der Waals surface area contributed by atoms with Crippen molar-refractivity contribution < 1.29 is 4.79 Å². The maximum absolute atomic E-state index is 13.1. The van der Waals surface area contributed by atoms with E-state index in [1.54, 1.807) is 23.1 Å². The summed E-state index contributed by atoms with van der Waals surface area (Å²) in [4.78, 5) is 23.1. The average Bonchev–Trinajstić information content (AvgIpc) is 3.13. The number of nitrogens with zero attached hydrogens (tertiary/aromatic N) is 3. The molecule has 3 aromatic rings. The van der Waals surface area contributed by atoms with Gasteiger partial charge in [0.25, 0.3) is 0 Å². The molecule has 1 aromatic heterocycles. The van der Waals surface area contributed by atoms with Gasteiger partial charge in [-0.3, -0.25) is 9.69 Å². The number of amides is 1. The fourth-order valence-corrected chi connectivity index (χ4v) is 5.21. The molecule has 0 spiro atoms. The number of carbonyl (C=O) groups excluding carboxylic acids is 1. The Bertz CT molecular complexity index is 919. The summed E-state index contributed by atoms with van der Waals surface area (Å²) >= 11 is 6.66. The number of hydrogen-bond acceptors (Lipinski definition) is 5. The van der Waals surface area contributed by atoms with Crippen LogP contribution in [-0.4, -0.2) is 47.7 Å². The summed E-state index contributed by atoms with van der Waals surface area (Å²) in [6, 6.07) is 16.1. The third kappa shape index (κ3) is 6.69. The molecule has 0 fully saturated rings. The molecule has 0 aliphatic heterocycles. The predicted molar refractivity (Wildman–Crippen MR) is 132 cm³/mol. The molecule has 0 atom stereocenters. The Kier molecular flexibility index (Phi) is 9.92. The van der Waals surface area contributed by atoms with Gasteiger partial charge in [0.15, 0.2) is 5.13 Å². The summed E-state index contributed by atoms with van der Waals surface area (Å²) < 4.78 is 2.11. The van der Waals surface area contributed by atoms with Gasteiger partial charge < -0.3 is 4.90 Å². The van der Waals surface area contributed by atoms with Gasteiger partial charge in [-0.2, -0.15) is 0 Å². The van der Waals surface area contributed by atoms with E-state index in [0.717, 1.165) is 44.4 Å². The fraction of sp³-hybridized carbons (Fsp3) is 0.333. The first-order chi connectivity index (χ1) is 13.6. The van der Waals surface area contributed by atoms with Crippen LogP contribution in [0.2, 0.25) is 0 Å². The van der Waals surface area contributed by atoms with E-state index in [9.17, 15) is 4.79 Å². The summed E-state index contributed by atoms with van der Waals surface area (Å²) in [5.41, 5.74) is 0.930. The van der Waals surface area contributed by atoms with E-state index in [1.165, 1.54) is 0 Å². The summed E-state index contributed by atoms with van der Waals surface area (Å²) in [7, 11) is 0. The highest BCUT2D eigenvalue weighted by Crippen LogP contribution is 2.31. The Balaban J connectivity index is 0.00000300. The minimum Gasteiger partial charge on any atom is -0.302 e. The van der Waals surface area contributed by atoms with Crippen LogP contribution >= 0.6 is 51.4 Å². The monoisotopic (exact) mass is 513 g/mol. The van der Waals surface area contributed by atoms with Gasteiger partial charge in [-0.25, -0.2) is 4.98 Å². The topological polar surface area (TPSA) is 36.4 Å². The highest BCUT2D eigenvalue weighted by Gasteiger charge is 2.20. The first-order valence-electron chi connectivity index (χ1n) is 9.37. The van der Waals surface area contributed by atoms with Crippen molar-refractivity contribution in [1.29, 1.82) is 0 Å². The number of likely N-dealkylation sites (N-methyl/N-ethyl adjacent to an activating group) is 1. The van der Waals surface area contributed by atoms with Crippen molar-refractivity contribution in [2.75, 3.05) is 36.8 Å². The largest absolute Gasteiger partial charge is 0.302 e. The van der Waals surface area contributed by atoms with Crippen LogP contribution in [0.5, 0.6) is 0 Å². The molecule has 0 radical (unpaired) electrons. The number of thioether (sulfide) groups is 1. The molecule has 0 N–H and O–H groups in total. The quantitative estimate of drug-likeness (QED) is 0.331. The van der Waals surface area contributed by atoms with Gasteiger partial charge in [0.1, 0.15) is 0 Å². The van der Waals surface area contributed by atoms with E-state index in [2.05, 4.69) is 40.7 Å². The van der Waals surface area contributed by atoms with E-state index in [1.807, 2.05) is 47.4 Å². The first-order valence-corrected chi connectivity index (χ1v) is 12.0. The van der Waals surface area contributed by atoms with Crippen LogP contribution < -0.4 is 4.90 Å². The first kappa shape index (κ1) is 24.2. The minimum absolute atomic E-state index is 0. The third-order valence-electron chi connectivity index (χ3n) is 4.51. The molecule has 156 valence electrons. The second kappa shape index (κ2) is 11.9. The van der Waals surface area contributed by atoms with E-state index in [4.69, 9.17) is 4.98 Å². The molecule has 0 saturated carbocycles. The predicted octanol–water partition coefficient (Wildman–Crippen LogP) is 5.95. The van der Waals surface area contributed by atoms with Crippen molar-refractivity contribution in [3.05, 3.63) is 53.0 Å². The zero-order valence-corrected chi connectivity index (χ0v) is 20.5. The van der Waals surface area contributed by atoms with E-state index in [0.29, 0.717) is 12.3 Å². The lowest BCUT2D eigenvalue weighted by atomic mass is 10.3. The second-order valence-corrected chi connectivity index (χ2v) is 9.26. The molecule has 0 aliphatic rings. The number of halogens is 2. The lowest BCUT2D eigenvalue weighted by Gasteiger charge is -2.24. The maximum atomic E-state index is 13.1. The maximum Gasteiger partial charge on any atom is 0.239 e. The van der Waals surface area contributed by atoms with Crippen LogP contribution in [0.15, 0.2) is 57.9 Å². The number of thiazole rings is 1. The van der Waals surface area contributed by atoms with Gasteiger partial charge >= 0.3 is 0 Å². The molecule has 0 unspecified atom stereocenters. The number of hydrogen-bond donors (Lipinski definition) is 0. The molecule has 0 aliphatic carbocycles. The molecule has 2 aromatic carbocycles. The molecule has 0 saturated heterocycles. The smallest absolute Gasteiger partial charge is 0.239 e. The molecule has 3 rings (SSSR count). The summed E-state index contributed by atoms with van der Waals surface area (Å²) in [6.45, 7) is 7.74. The molecular formula is C21H25BrClN3OS2. The number of benzene rings is 2. The van der Waals surface area contributed by atoms with Gasteiger partial charge in [-0.1, -0.05) is 59.3 Å². The van der Waals surface area contributed by atoms with Crippen LogP contribution in [-0.2, 0) is 4.79 Å². The Morgan fingerprint density at radius 3 is 2.52 bits per heavy atom. The number of rotatable bonds is 9. The zero-order chi connectivity index (χ0) is 19.9. The van der Waals surface area contributed by atoms with Crippen molar-refractivity contribution in [3.8, 4) is 0 Å². The van der Waals surface area contributed by atoms with Crippen molar-refractivity contribution in [1.82, 2.24) is 9.88 Å². The van der Waals surface area contributed by atoms with Crippen LogP contribution in [0, 0.1) is 0 Å². The van der Waals surface area contributed by atoms with Crippen molar-refractivity contribution in [3.63, 3.8) is 0 Å². The Morgan fingerprint density at radius 1 is 1.10 bits per heavy atom. The van der Waals surface area contributed by atoms with Gasteiger partial charge in [-0.15, -0.1) is 24.2 Å². The summed E-state index contributed by atoms with van der Waals surface area (Å²) in [5, 5.41) is 0.777. The second-order valence-electron chi connectivity index (χ2n) is 6.28. The van der Waals surface area contributed by atoms with Gasteiger partial charge in [-0.05, 0) is 43.4 Å². The summed E-state index contributed by atoms with van der Waals surface area (Å²) in [5.74, 6) is 0.501. The fourth-order valence-electron chi connectivity index (χ4n) is 2.85. The molecular weight excluding hydrogens is 490 g/mol. The van der Waals surface area contributed by atoms with Crippen LogP contribution in [0.4, 0.5) is 5.13 Å². The van der Waals surface area contributed by atoms with Crippen LogP contribution in [0.25, 0.3) is 10.2 Å². The average molecular weight is 515 g/mol. The number of aromatic nitrogens is 1. The SMILES string of the molecule is CCN(CC)CCN(C(=O)CSc1ccccc1)c1nc2ccc(Br)cc2s1.Cl. The van der Waals surface area contributed by atoms with Crippen molar-refractivity contribution >= 4 is 72.7 Å². The van der Waals surface area contributed by atoms with Crippen LogP contribution in [0.3, 0.4) is 0 Å². The van der Waals surface area contributed by atoms with E-state index >= 15 is 0 Å². The Labute approximate surface area is 195 Å². The molecule has 8 heteroatoms. The van der Waals surface area contributed by atoms with Gasteiger partial charge in [0, 0.05) is 22.5 Å². The molecule has 1 heterocycles. The number of anilines is 1. The lowest BCUT2D eigenvalue weighted by Crippen LogP contribution is -2.39. The Hall–Kier alpha value is -1.12.